The molecule has 0 fully saturated rings. The van der Waals surface area contributed by atoms with Gasteiger partial charge < -0.3 is 9.64 Å². The highest BCUT2D eigenvalue weighted by Gasteiger charge is 2.32. The molecule has 0 bridgehead atoms. The normalized spacial score (nSPS) is 11.4. The number of rotatable bonds is 5. The number of ether oxygens (including phenoxy) is 1. The van der Waals surface area contributed by atoms with Crippen LogP contribution in [0.15, 0.2) is 16.2 Å². The van der Waals surface area contributed by atoms with Crippen molar-refractivity contribution in [3.05, 3.63) is 45.1 Å². The van der Waals surface area contributed by atoms with Crippen molar-refractivity contribution < 1.29 is 31.9 Å². The summed E-state index contributed by atoms with van der Waals surface area (Å²) in [4.78, 5) is 25.2. The van der Waals surface area contributed by atoms with Crippen molar-refractivity contribution in [3.63, 3.8) is 0 Å². The summed E-state index contributed by atoms with van der Waals surface area (Å²) in [6, 6.07) is 0. The SMILES string of the molecule is CCOC(=O)/C(=C\N(C)C)C(=O)c1c(F)c(F)c(Br)c(F)c1F. The van der Waals surface area contributed by atoms with Gasteiger partial charge in [-0.15, -0.1) is 0 Å². The summed E-state index contributed by atoms with van der Waals surface area (Å²) in [5.41, 5.74) is -2.28. The van der Waals surface area contributed by atoms with Crippen LogP contribution in [0.4, 0.5) is 17.6 Å². The van der Waals surface area contributed by atoms with E-state index in [9.17, 15) is 27.2 Å². The van der Waals surface area contributed by atoms with Gasteiger partial charge in [-0.1, -0.05) is 0 Å². The lowest BCUT2D eigenvalue weighted by atomic mass is 10.0. The van der Waals surface area contributed by atoms with Crippen molar-refractivity contribution in [2.24, 2.45) is 0 Å². The Morgan fingerprint density at radius 2 is 1.57 bits per heavy atom. The lowest BCUT2D eigenvalue weighted by molar-refractivity contribution is -0.138. The Morgan fingerprint density at radius 3 is 1.96 bits per heavy atom. The Hall–Kier alpha value is -1.90. The maximum atomic E-state index is 13.9. The minimum atomic E-state index is -1.91. The summed E-state index contributed by atoms with van der Waals surface area (Å²) < 4.78 is 58.4. The predicted octanol–water partition coefficient (Wildman–Crippen LogP) is 3.20. The van der Waals surface area contributed by atoms with Crippen LogP contribution >= 0.6 is 15.9 Å². The molecular weight excluding hydrogens is 386 g/mol. The minimum absolute atomic E-state index is 0.106. The van der Waals surface area contributed by atoms with Crippen molar-refractivity contribution in [2.75, 3.05) is 20.7 Å². The highest BCUT2D eigenvalue weighted by Crippen LogP contribution is 2.29. The van der Waals surface area contributed by atoms with Gasteiger partial charge in [-0.25, -0.2) is 22.4 Å². The van der Waals surface area contributed by atoms with Gasteiger partial charge in [0, 0.05) is 20.3 Å². The van der Waals surface area contributed by atoms with Crippen molar-refractivity contribution >= 4 is 27.7 Å². The van der Waals surface area contributed by atoms with E-state index in [-0.39, 0.29) is 6.61 Å². The molecule has 0 N–H and O–H groups in total. The fraction of sp³-hybridized carbons (Fsp3) is 0.286. The van der Waals surface area contributed by atoms with Crippen LogP contribution in [-0.4, -0.2) is 37.4 Å². The summed E-state index contributed by atoms with van der Waals surface area (Å²) in [5, 5.41) is 0. The number of halogens is 5. The first kappa shape index (κ1) is 19.1. The van der Waals surface area contributed by atoms with Crippen LogP contribution in [0.25, 0.3) is 0 Å². The molecule has 0 aromatic heterocycles. The Balaban J connectivity index is 3.56. The van der Waals surface area contributed by atoms with E-state index >= 15 is 0 Å². The minimum Gasteiger partial charge on any atom is -0.462 e. The van der Waals surface area contributed by atoms with Crippen molar-refractivity contribution in [1.29, 1.82) is 0 Å². The molecular formula is C14H12BrF4NO3. The quantitative estimate of drug-likeness (QED) is 0.112. The molecule has 1 rings (SSSR count). The third-order valence-corrected chi connectivity index (χ3v) is 3.26. The van der Waals surface area contributed by atoms with Crippen molar-refractivity contribution in [1.82, 2.24) is 4.90 Å². The fourth-order valence-electron chi connectivity index (χ4n) is 1.61. The van der Waals surface area contributed by atoms with Crippen LogP contribution < -0.4 is 0 Å². The molecule has 23 heavy (non-hydrogen) atoms. The van der Waals surface area contributed by atoms with Gasteiger partial charge in [0.25, 0.3) is 0 Å². The van der Waals surface area contributed by atoms with Crippen LogP contribution in [0.2, 0.25) is 0 Å². The van der Waals surface area contributed by atoms with E-state index in [1.807, 2.05) is 0 Å². The van der Waals surface area contributed by atoms with Gasteiger partial charge in [0.05, 0.1) is 11.1 Å². The number of benzene rings is 1. The second-order valence-corrected chi connectivity index (χ2v) is 5.29. The van der Waals surface area contributed by atoms with Crippen LogP contribution in [-0.2, 0) is 9.53 Å². The van der Waals surface area contributed by atoms with E-state index in [4.69, 9.17) is 0 Å². The number of carbonyl (C=O) groups excluding carboxylic acids is 2. The Labute approximate surface area is 137 Å². The molecule has 9 heteroatoms. The first-order valence-corrected chi connectivity index (χ1v) is 7.04. The third kappa shape index (κ3) is 3.90. The van der Waals surface area contributed by atoms with Gasteiger partial charge >= 0.3 is 5.97 Å². The van der Waals surface area contributed by atoms with E-state index in [2.05, 4.69) is 20.7 Å². The first-order chi connectivity index (χ1) is 10.6. The zero-order chi connectivity index (χ0) is 17.9. The molecule has 1 aromatic carbocycles. The Bertz CT molecular complexity index is 660. The fourth-order valence-corrected chi connectivity index (χ4v) is 1.96. The second-order valence-electron chi connectivity index (χ2n) is 4.50. The van der Waals surface area contributed by atoms with E-state index in [0.717, 1.165) is 6.20 Å². The molecule has 1 aromatic rings. The Kier molecular flexibility index (Phi) is 6.31. The molecule has 126 valence electrons. The highest BCUT2D eigenvalue weighted by atomic mass is 79.9. The van der Waals surface area contributed by atoms with Gasteiger partial charge in [-0.3, -0.25) is 4.79 Å². The zero-order valence-corrected chi connectivity index (χ0v) is 13.9. The van der Waals surface area contributed by atoms with Gasteiger partial charge in [0.2, 0.25) is 5.78 Å². The average Bonchev–Trinajstić information content (AvgIpc) is 2.48. The van der Waals surface area contributed by atoms with Crippen molar-refractivity contribution in [2.45, 2.75) is 6.92 Å². The molecule has 0 radical (unpaired) electrons. The lowest BCUT2D eigenvalue weighted by Crippen LogP contribution is -2.22. The van der Waals surface area contributed by atoms with Gasteiger partial charge in [0.1, 0.15) is 11.1 Å². The van der Waals surface area contributed by atoms with Crippen LogP contribution in [0.5, 0.6) is 0 Å². The molecule has 0 saturated heterocycles. The number of hydrogen-bond donors (Lipinski definition) is 0. The molecule has 0 unspecified atom stereocenters. The summed E-state index contributed by atoms with van der Waals surface area (Å²) >= 11 is 2.34. The maximum absolute atomic E-state index is 13.9. The van der Waals surface area contributed by atoms with E-state index in [0.29, 0.717) is 0 Å². The summed E-state index contributed by atoms with van der Waals surface area (Å²) in [5.74, 6) is -10.1. The van der Waals surface area contributed by atoms with E-state index in [1.165, 1.54) is 25.9 Å². The zero-order valence-electron chi connectivity index (χ0n) is 12.3. The number of hydrogen-bond acceptors (Lipinski definition) is 4. The number of ketones is 1. The van der Waals surface area contributed by atoms with Gasteiger partial charge in [-0.05, 0) is 22.9 Å². The van der Waals surface area contributed by atoms with E-state index in [1.54, 1.807) is 0 Å². The van der Waals surface area contributed by atoms with Crippen LogP contribution in [0.1, 0.15) is 17.3 Å². The van der Waals surface area contributed by atoms with E-state index < -0.39 is 50.6 Å². The maximum Gasteiger partial charge on any atom is 0.343 e. The highest BCUT2D eigenvalue weighted by molar-refractivity contribution is 9.10. The molecule has 0 amide bonds. The second kappa shape index (κ2) is 7.58. The van der Waals surface area contributed by atoms with Crippen LogP contribution in [0.3, 0.4) is 0 Å². The monoisotopic (exact) mass is 397 g/mol. The molecule has 0 aliphatic heterocycles. The Morgan fingerprint density at radius 1 is 1.09 bits per heavy atom. The standard InChI is InChI=1S/C14H12BrF4NO3/c1-4-23-14(22)6(5-20(2)3)13(21)7-9(16)11(18)8(15)12(19)10(7)17/h5H,4H2,1-3H3/b6-5-. The molecule has 0 atom stereocenters. The topological polar surface area (TPSA) is 46.6 Å². The average molecular weight is 398 g/mol. The van der Waals surface area contributed by atoms with Crippen LogP contribution in [0, 0.1) is 23.3 Å². The molecule has 0 spiro atoms. The van der Waals surface area contributed by atoms with Gasteiger partial charge in [-0.2, -0.15) is 0 Å². The number of esters is 1. The molecule has 0 aliphatic rings. The molecule has 0 aliphatic carbocycles. The molecule has 4 nitrogen and oxygen atoms in total. The van der Waals surface area contributed by atoms with Crippen molar-refractivity contribution in [3.8, 4) is 0 Å². The number of nitrogens with zero attached hydrogens (tertiary/aromatic N) is 1. The summed E-state index contributed by atoms with van der Waals surface area (Å²) in [6.45, 7) is 1.35. The number of carbonyl (C=O) groups is 2. The smallest absolute Gasteiger partial charge is 0.343 e. The third-order valence-electron chi connectivity index (χ3n) is 2.56. The lowest BCUT2D eigenvalue weighted by Gasteiger charge is -2.12. The largest absolute Gasteiger partial charge is 0.462 e. The summed E-state index contributed by atoms with van der Waals surface area (Å²) in [6.07, 6.45) is 0.942. The summed E-state index contributed by atoms with van der Waals surface area (Å²) in [7, 11) is 2.87. The molecule has 0 saturated carbocycles. The number of Topliss-reactive ketones (excluding diaryl/α,β-unsaturated/α-hetero) is 1. The van der Waals surface area contributed by atoms with Gasteiger partial charge in [0.15, 0.2) is 23.3 Å². The molecule has 0 heterocycles. The first-order valence-electron chi connectivity index (χ1n) is 6.24. The predicted molar refractivity (Wildman–Crippen MR) is 76.7 cm³/mol.